The molecule has 2 atom stereocenters. The second kappa shape index (κ2) is 5.68. The lowest BCUT2D eigenvalue weighted by Crippen LogP contribution is -2.31. The van der Waals surface area contributed by atoms with Crippen molar-refractivity contribution in [3.05, 3.63) is 27.8 Å². The quantitative estimate of drug-likeness (QED) is 0.666. The highest BCUT2D eigenvalue weighted by atomic mass is 127. The topological polar surface area (TPSA) is 47.6 Å². The maximum Gasteiger partial charge on any atom is 0.323 e. The average Bonchev–Trinajstić information content (AvgIpc) is 2.76. The molecule has 0 bridgehead atoms. The molecule has 4 nitrogen and oxygen atoms in total. The van der Waals surface area contributed by atoms with E-state index in [-0.39, 0.29) is 18.1 Å². The van der Waals surface area contributed by atoms with Crippen LogP contribution >= 0.6 is 22.6 Å². The van der Waals surface area contributed by atoms with E-state index in [1.54, 1.807) is 0 Å². The summed E-state index contributed by atoms with van der Waals surface area (Å²) in [5.74, 6) is 0.618. The van der Waals surface area contributed by atoms with Crippen molar-refractivity contribution in [1.29, 1.82) is 0 Å². The Balaban J connectivity index is 1.92. The second-order valence-electron chi connectivity index (χ2n) is 3.92. The fourth-order valence-corrected chi connectivity index (χ4v) is 2.36. The fraction of sp³-hybridized carbons (Fsp3) is 0.417. The van der Waals surface area contributed by atoms with Crippen molar-refractivity contribution in [1.82, 2.24) is 5.32 Å². The van der Waals surface area contributed by atoms with Crippen molar-refractivity contribution in [3.63, 3.8) is 0 Å². The number of carbonyl (C=O) groups excluding carboxylic acids is 1. The number of halogens is 1. The monoisotopic (exact) mass is 347 g/mol. The molecule has 1 aromatic rings. The van der Waals surface area contributed by atoms with Gasteiger partial charge >= 0.3 is 5.97 Å². The van der Waals surface area contributed by atoms with E-state index in [1.165, 1.54) is 7.11 Å². The number of hydrogen-bond donors (Lipinski definition) is 1. The SMILES string of the molecule is COC(=O)C1CC(Oc2cccc(I)c2)CN1. The number of esters is 1. The Kier molecular flexibility index (Phi) is 4.22. The normalized spacial score (nSPS) is 23.4. The number of ether oxygens (including phenoxy) is 2. The molecule has 0 aliphatic carbocycles. The van der Waals surface area contributed by atoms with E-state index >= 15 is 0 Å². The Morgan fingerprint density at radius 3 is 3.06 bits per heavy atom. The smallest absolute Gasteiger partial charge is 0.323 e. The first kappa shape index (κ1) is 12.6. The minimum atomic E-state index is -0.243. The summed E-state index contributed by atoms with van der Waals surface area (Å²) in [4.78, 5) is 11.3. The molecule has 92 valence electrons. The van der Waals surface area contributed by atoms with Crippen LogP contribution in [0, 0.1) is 3.57 Å². The molecule has 0 radical (unpaired) electrons. The summed E-state index contributed by atoms with van der Waals surface area (Å²) < 4.78 is 11.6. The minimum absolute atomic E-state index is 0.0253. The summed E-state index contributed by atoms with van der Waals surface area (Å²) in [6, 6.07) is 7.63. The lowest BCUT2D eigenvalue weighted by atomic mass is 10.2. The molecule has 2 unspecified atom stereocenters. The summed E-state index contributed by atoms with van der Waals surface area (Å²) in [6.45, 7) is 0.672. The molecule has 1 aromatic carbocycles. The lowest BCUT2D eigenvalue weighted by Gasteiger charge is -2.12. The van der Waals surface area contributed by atoms with Crippen LogP contribution in [0.25, 0.3) is 0 Å². The standard InChI is InChI=1S/C12H14INO3/c1-16-12(15)11-6-10(7-14-11)17-9-4-2-3-8(13)5-9/h2-5,10-11,14H,6-7H2,1H3. The van der Waals surface area contributed by atoms with E-state index in [0.29, 0.717) is 13.0 Å². The summed E-state index contributed by atoms with van der Waals surface area (Å²) in [5.41, 5.74) is 0. The van der Waals surface area contributed by atoms with Crippen LogP contribution in [0.5, 0.6) is 5.75 Å². The van der Waals surface area contributed by atoms with E-state index in [1.807, 2.05) is 24.3 Å². The van der Waals surface area contributed by atoms with Crippen molar-refractivity contribution in [2.45, 2.75) is 18.6 Å². The lowest BCUT2D eigenvalue weighted by molar-refractivity contribution is -0.142. The molecule has 1 heterocycles. The van der Waals surface area contributed by atoms with Crippen LogP contribution in [0.2, 0.25) is 0 Å². The highest BCUT2D eigenvalue weighted by Crippen LogP contribution is 2.19. The maximum atomic E-state index is 11.3. The number of rotatable bonds is 3. The predicted octanol–water partition coefficient (Wildman–Crippen LogP) is 1.57. The highest BCUT2D eigenvalue weighted by molar-refractivity contribution is 14.1. The van der Waals surface area contributed by atoms with Crippen LogP contribution in [0.15, 0.2) is 24.3 Å². The molecule has 1 aliphatic heterocycles. The van der Waals surface area contributed by atoms with Crippen molar-refractivity contribution in [2.24, 2.45) is 0 Å². The molecule has 1 N–H and O–H groups in total. The highest BCUT2D eigenvalue weighted by Gasteiger charge is 2.31. The summed E-state index contributed by atoms with van der Waals surface area (Å²) in [6.07, 6.45) is 0.676. The molecule has 0 spiro atoms. The zero-order valence-corrected chi connectivity index (χ0v) is 11.6. The summed E-state index contributed by atoms with van der Waals surface area (Å²) in [7, 11) is 1.40. The van der Waals surface area contributed by atoms with Crippen molar-refractivity contribution in [3.8, 4) is 5.75 Å². The van der Waals surface area contributed by atoms with Crippen LogP contribution in [-0.4, -0.2) is 31.8 Å². The van der Waals surface area contributed by atoms with Gasteiger partial charge in [-0.05, 0) is 40.8 Å². The van der Waals surface area contributed by atoms with Crippen LogP contribution in [0.1, 0.15) is 6.42 Å². The number of methoxy groups -OCH3 is 1. The molecule has 0 saturated carbocycles. The van der Waals surface area contributed by atoms with Gasteiger partial charge in [-0.25, -0.2) is 0 Å². The minimum Gasteiger partial charge on any atom is -0.489 e. The summed E-state index contributed by atoms with van der Waals surface area (Å²) >= 11 is 2.24. The Morgan fingerprint density at radius 2 is 2.35 bits per heavy atom. The van der Waals surface area contributed by atoms with Gasteiger partial charge in [0.15, 0.2) is 0 Å². The molecule has 1 saturated heterocycles. The molecule has 17 heavy (non-hydrogen) atoms. The van der Waals surface area contributed by atoms with E-state index < -0.39 is 0 Å². The number of hydrogen-bond acceptors (Lipinski definition) is 4. The molecular weight excluding hydrogens is 333 g/mol. The molecule has 0 aromatic heterocycles. The molecule has 1 fully saturated rings. The van der Waals surface area contributed by atoms with Crippen molar-refractivity contribution < 1.29 is 14.3 Å². The first-order valence-electron chi connectivity index (χ1n) is 5.42. The number of nitrogens with one attached hydrogen (secondary N) is 1. The van der Waals surface area contributed by atoms with Gasteiger partial charge in [-0.15, -0.1) is 0 Å². The van der Waals surface area contributed by atoms with E-state index in [2.05, 4.69) is 27.9 Å². The van der Waals surface area contributed by atoms with E-state index in [0.717, 1.165) is 9.32 Å². The molecule has 0 amide bonds. The van der Waals surface area contributed by atoms with Crippen molar-refractivity contribution in [2.75, 3.05) is 13.7 Å². The van der Waals surface area contributed by atoms with Crippen LogP contribution in [-0.2, 0) is 9.53 Å². The molecule has 5 heteroatoms. The predicted molar refractivity (Wildman–Crippen MR) is 72.0 cm³/mol. The average molecular weight is 347 g/mol. The largest absolute Gasteiger partial charge is 0.489 e. The first-order chi connectivity index (χ1) is 8.19. The van der Waals surface area contributed by atoms with E-state index in [4.69, 9.17) is 9.47 Å². The van der Waals surface area contributed by atoms with Gasteiger partial charge in [-0.1, -0.05) is 6.07 Å². The van der Waals surface area contributed by atoms with Gasteiger partial charge in [0.25, 0.3) is 0 Å². The van der Waals surface area contributed by atoms with Gasteiger partial charge in [0.2, 0.25) is 0 Å². The van der Waals surface area contributed by atoms with Crippen LogP contribution < -0.4 is 10.1 Å². The number of benzene rings is 1. The van der Waals surface area contributed by atoms with Gasteiger partial charge in [0.1, 0.15) is 17.9 Å². The zero-order valence-electron chi connectivity index (χ0n) is 9.48. The second-order valence-corrected chi connectivity index (χ2v) is 5.16. The molecular formula is C12H14INO3. The van der Waals surface area contributed by atoms with Gasteiger partial charge in [-0.3, -0.25) is 4.79 Å². The zero-order chi connectivity index (χ0) is 12.3. The van der Waals surface area contributed by atoms with Crippen molar-refractivity contribution >= 4 is 28.6 Å². The Bertz CT molecular complexity index is 410. The fourth-order valence-electron chi connectivity index (χ4n) is 1.85. The third-order valence-electron chi connectivity index (χ3n) is 2.68. The van der Waals surface area contributed by atoms with Gasteiger partial charge in [-0.2, -0.15) is 0 Å². The van der Waals surface area contributed by atoms with Gasteiger partial charge < -0.3 is 14.8 Å². The first-order valence-corrected chi connectivity index (χ1v) is 6.50. The third-order valence-corrected chi connectivity index (χ3v) is 3.35. The van der Waals surface area contributed by atoms with E-state index in [9.17, 15) is 4.79 Å². The summed E-state index contributed by atoms with van der Waals surface area (Å²) in [5, 5.41) is 3.09. The van der Waals surface area contributed by atoms with Crippen LogP contribution in [0.4, 0.5) is 0 Å². The molecule has 1 aliphatic rings. The maximum absolute atomic E-state index is 11.3. The number of carbonyl (C=O) groups is 1. The van der Waals surface area contributed by atoms with Crippen LogP contribution in [0.3, 0.4) is 0 Å². The Labute approximate surface area is 114 Å². The Hall–Kier alpha value is -0.820. The van der Waals surface area contributed by atoms with Gasteiger partial charge in [0, 0.05) is 16.5 Å². The third kappa shape index (κ3) is 3.32. The van der Waals surface area contributed by atoms with Gasteiger partial charge in [0.05, 0.1) is 7.11 Å². The molecule has 2 rings (SSSR count). The Morgan fingerprint density at radius 1 is 1.53 bits per heavy atom.